The monoisotopic (exact) mass is 383 g/mol. The number of carbonyl (C=O) groups excluding carboxylic acids is 2. The molecule has 2 rings (SSSR count). The van der Waals surface area contributed by atoms with E-state index in [1.165, 1.54) is 4.90 Å². The zero-order valence-electron chi connectivity index (χ0n) is 16.6. The average molecular weight is 383 g/mol. The molecule has 2 N–H and O–H groups in total. The molecular formula is C19H33N3O5. The fraction of sp³-hybridized carbons (Fsp3) is 0.789. The summed E-state index contributed by atoms with van der Waals surface area (Å²) in [6, 6.07) is -0.826. The molecule has 27 heavy (non-hydrogen) atoms. The topological polar surface area (TPSA) is 91.3 Å². The number of rotatable bonds is 6. The average Bonchev–Trinajstić information content (AvgIpc) is 3.22. The Balaban J connectivity index is 1.90. The molecule has 0 saturated carbocycles. The Bertz CT molecular complexity index is 534. The van der Waals surface area contributed by atoms with E-state index in [-0.39, 0.29) is 12.1 Å². The van der Waals surface area contributed by atoms with Crippen molar-refractivity contribution in [2.45, 2.75) is 70.4 Å². The highest BCUT2D eigenvalue weighted by Gasteiger charge is 2.38. The lowest BCUT2D eigenvalue weighted by Crippen LogP contribution is -2.55. The van der Waals surface area contributed by atoms with Gasteiger partial charge in [0.05, 0.1) is 25.3 Å². The summed E-state index contributed by atoms with van der Waals surface area (Å²) in [5, 5.41) is 13.2. The summed E-state index contributed by atoms with van der Waals surface area (Å²) in [5.74, 6) is 0. The SMILES string of the molecule is C=CCOC[C@@H]1CCCN1C(=O)N[C@@H](O)[C@@H]1CCCN1C(=O)OC(C)(C)C. The fourth-order valence-corrected chi connectivity index (χ4v) is 3.54. The number of hydrogen-bond donors (Lipinski definition) is 2. The molecule has 0 aromatic heterocycles. The van der Waals surface area contributed by atoms with Crippen LogP contribution in [0.1, 0.15) is 46.5 Å². The summed E-state index contributed by atoms with van der Waals surface area (Å²) in [6.45, 7) is 11.0. The van der Waals surface area contributed by atoms with Crippen LogP contribution in [0.5, 0.6) is 0 Å². The minimum atomic E-state index is -1.14. The number of aliphatic hydroxyl groups is 1. The van der Waals surface area contributed by atoms with Gasteiger partial charge < -0.3 is 29.7 Å². The minimum absolute atomic E-state index is 0.0114. The van der Waals surface area contributed by atoms with Gasteiger partial charge in [-0.2, -0.15) is 0 Å². The van der Waals surface area contributed by atoms with Crippen LogP contribution >= 0.6 is 0 Å². The van der Waals surface area contributed by atoms with Gasteiger partial charge in [0, 0.05) is 13.1 Å². The van der Waals surface area contributed by atoms with Crippen LogP contribution < -0.4 is 5.32 Å². The lowest BCUT2D eigenvalue weighted by molar-refractivity contribution is -0.000381. The minimum Gasteiger partial charge on any atom is -0.444 e. The molecule has 2 fully saturated rings. The van der Waals surface area contributed by atoms with Crippen molar-refractivity contribution >= 4 is 12.1 Å². The number of hydrogen-bond acceptors (Lipinski definition) is 5. The van der Waals surface area contributed by atoms with E-state index in [9.17, 15) is 14.7 Å². The molecule has 2 aliphatic heterocycles. The maximum Gasteiger partial charge on any atom is 0.410 e. The van der Waals surface area contributed by atoms with Crippen molar-refractivity contribution in [2.24, 2.45) is 0 Å². The summed E-state index contributed by atoms with van der Waals surface area (Å²) in [6.07, 6.45) is 3.23. The Morgan fingerprint density at radius 1 is 1.26 bits per heavy atom. The quantitative estimate of drug-likeness (QED) is 0.416. The first-order valence-electron chi connectivity index (χ1n) is 9.66. The van der Waals surface area contributed by atoms with Gasteiger partial charge in [-0.3, -0.25) is 0 Å². The molecule has 0 spiro atoms. The van der Waals surface area contributed by atoms with E-state index in [2.05, 4.69) is 11.9 Å². The van der Waals surface area contributed by atoms with Gasteiger partial charge in [0.15, 0.2) is 0 Å². The Morgan fingerprint density at radius 2 is 1.93 bits per heavy atom. The molecule has 0 aromatic rings. The van der Waals surface area contributed by atoms with E-state index >= 15 is 0 Å². The van der Waals surface area contributed by atoms with Crippen molar-refractivity contribution in [3.8, 4) is 0 Å². The molecule has 8 heteroatoms. The summed E-state index contributed by atoms with van der Waals surface area (Å²) in [5.41, 5.74) is -0.605. The predicted molar refractivity (Wildman–Crippen MR) is 101 cm³/mol. The molecule has 0 radical (unpaired) electrons. The number of urea groups is 1. The molecule has 0 aliphatic carbocycles. The number of likely N-dealkylation sites (tertiary alicyclic amines) is 2. The molecule has 154 valence electrons. The summed E-state index contributed by atoms with van der Waals surface area (Å²) < 4.78 is 10.9. The third-order valence-corrected chi connectivity index (χ3v) is 4.75. The van der Waals surface area contributed by atoms with Crippen molar-refractivity contribution < 1.29 is 24.2 Å². The molecule has 3 amide bonds. The van der Waals surface area contributed by atoms with E-state index in [4.69, 9.17) is 9.47 Å². The second kappa shape index (κ2) is 9.41. The number of carbonyl (C=O) groups is 2. The van der Waals surface area contributed by atoms with E-state index < -0.39 is 24.0 Å². The van der Waals surface area contributed by atoms with E-state index in [0.29, 0.717) is 32.7 Å². The van der Waals surface area contributed by atoms with E-state index in [0.717, 1.165) is 19.3 Å². The maximum absolute atomic E-state index is 12.6. The second-order valence-electron chi connectivity index (χ2n) is 8.09. The molecule has 3 atom stereocenters. The third-order valence-electron chi connectivity index (χ3n) is 4.75. The van der Waals surface area contributed by atoms with Crippen molar-refractivity contribution in [3.63, 3.8) is 0 Å². The van der Waals surface area contributed by atoms with Crippen LogP contribution in [0.2, 0.25) is 0 Å². The molecular weight excluding hydrogens is 350 g/mol. The van der Waals surface area contributed by atoms with Crippen molar-refractivity contribution in [2.75, 3.05) is 26.3 Å². The second-order valence-corrected chi connectivity index (χ2v) is 8.09. The Hall–Kier alpha value is -1.80. The number of ether oxygens (including phenoxy) is 2. The van der Waals surface area contributed by atoms with E-state index in [1.54, 1.807) is 31.7 Å². The van der Waals surface area contributed by atoms with E-state index in [1.807, 2.05) is 0 Å². The van der Waals surface area contributed by atoms with Gasteiger partial charge in [-0.05, 0) is 46.5 Å². The van der Waals surface area contributed by atoms with Crippen LogP contribution in [0.3, 0.4) is 0 Å². The van der Waals surface area contributed by atoms with Crippen LogP contribution in [0.15, 0.2) is 12.7 Å². The number of nitrogens with zero attached hydrogens (tertiary/aromatic N) is 2. The summed E-state index contributed by atoms with van der Waals surface area (Å²) >= 11 is 0. The highest BCUT2D eigenvalue weighted by molar-refractivity contribution is 5.75. The Morgan fingerprint density at radius 3 is 2.59 bits per heavy atom. The maximum atomic E-state index is 12.6. The molecule has 0 bridgehead atoms. The van der Waals surface area contributed by atoms with Crippen LogP contribution in [0.4, 0.5) is 9.59 Å². The highest BCUT2D eigenvalue weighted by atomic mass is 16.6. The Labute approximate surface area is 161 Å². The molecule has 2 heterocycles. The van der Waals surface area contributed by atoms with Gasteiger partial charge in [-0.25, -0.2) is 9.59 Å². The first-order valence-corrected chi connectivity index (χ1v) is 9.66. The van der Waals surface area contributed by atoms with Gasteiger partial charge in [-0.1, -0.05) is 6.08 Å². The number of amides is 3. The molecule has 2 saturated heterocycles. The van der Waals surface area contributed by atoms with Gasteiger partial charge >= 0.3 is 12.1 Å². The zero-order valence-corrected chi connectivity index (χ0v) is 16.6. The summed E-state index contributed by atoms with van der Waals surface area (Å²) in [4.78, 5) is 28.2. The first kappa shape index (κ1) is 21.5. The van der Waals surface area contributed by atoms with Crippen LogP contribution in [0, 0.1) is 0 Å². The third kappa shape index (κ3) is 6.10. The molecule has 8 nitrogen and oxygen atoms in total. The van der Waals surface area contributed by atoms with Crippen LogP contribution in [-0.4, -0.2) is 77.2 Å². The van der Waals surface area contributed by atoms with Gasteiger partial charge in [0.1, 0.15) is 11.8 Å². The van der Waals surface area contributed by atoms with Crippen molar-refractivity contribution in [1.82, 2.24) is 15.1 Å². The normalized spacial score (nSPS) is 24.0. The number of nitrogens with one attached hydrogen (secondary N) is 1. The van der Waals surface area contributed by atoms with Crippen LogP contribution in [-0.2, 0) is 9.47 Å². The largest absolute Gasteiger partial charge is 0.444 e. The molecule has 2 aliphatic rings. The molecule has 0 aromatic carbocycles. The summed E-state index contributed by atoms with van der Waals surface area (Å²) in [7, 11) is 0. The van der Waals surface area contributed by atoms with Crippen LogP contribution in [0.25, 0.3) is 0 Å². The van der Waals surface area contributed by atoms with Gasteiger partial charge in [0.25, 0.3) is 0 Å². The number of aliphatic hydroxyl groups excluding tert-OH is 1. The van der Waals surface area contributed by atoms with Crippen molar-refractivity contribution in [3.05, 3.63) is 12.7 Å². The Kier molecular flexibility index (Phi) is 7.49. The lowest BCUT2D eigenvalue weighted by atomic mass is 10.2. The molecule has 0 unspecified atom stereocenters. The van der Waals surface area contributed by atoms with Gasteiger partial charge in [0.2, 0.25) is 0 Å². The van der Waals surface area contributed by atoms with Gasteiger partial charge in [-0.15, -0.1) is 6.58 Å². The first-order chi connectivity index (χ1) is 12.7. The van der Waals surface area contributed by atoms with Crippen molar-refractivity contribution in [1.29, 1.82) is 0 Å². The standard InChI is InChI=1S/C19H33N3O5/c1-5-12-26-13-14-8-6-10-21(14)17(24)20-16(23)15-9-7-11-22(15)18(25)27-19(2,3)4/h5,14-16,23H,1,6-13H2,2-4H3,(H,20,24)/t14-,15-,16-/m0/s1. The predicted octanol–water partition coefficient (Wildman–Crippen LogP) is 2.08. The highest BCUT2D eigenvalue weighted by Crippen LogP contribution is 2.23. The zero-order chi connectivity index (χ0) is 20.0. The smallest absolute Gasteiger partial charge is 0.410 e. The fourth-order valence-electron chi connectivity index (χ4n) is 3.54. The lowest BCUT2D eigenvalue weighted by Gasteiger charge is -2.32.